The summed E-state index contributed by atoms with van der Waals surface area (Å²) in [6, 6.07) is -0.514. The third-order valence-corrected chi connectivity index (χ3v) is 3.16. The molecule has 2 atom stereocenters. The average molecular weight is 286 g/mol. The van der Waals surface area contributed by atoms with Crippen molar-refractivity contribution in [3.8, 4) is 0 Å². The van der Waals surface area contributed by atoms with E-state index >= 15 is 0 Å². The molecular weight excluding hydrogens is 256 g/mol. The predicted molar refractivity (Wildman–Crippen MR) is 80.6 cm³/mol. The maximum atomic E-state index is 11.7. The first-order chi connectivity index (χ1) is 9.36. The maximum absolute atomic E-state index is 11.7. The van der Waals surface area contributed by atoms with E-state index in [4.69, 9.17) is 5.11 Å². The van der Waals surface area contributed by atoms with Crippen molar-refractivity contribution in [1.29, 1.82) is 0 Å². The van der Waals surface area contributed by atoms with Crippen LogP contribution in [0.1, 0.15) is 59.8 Å². The van der Waals surface area contributed by atoms with Gasteiger partial charge in [0.1, 0.15) is 6.04 Å². The molecule has 0 aliphatic carbocycles. The number of carboxylic acids is 1. The Morgan fingerprint density at radius 3 is 2.30 bits per heavy atom. The molecule has 5 nitrogen and oxygen atoms in total. The topological polar surface area (TPSA) is 78.4 Å². The minimum Gasteiger partial charge on any atom is -0.480 e. The van der Waals surface area contributed by atoms with Crippen LogP contribution in [0, 0.1) is 5.92 Å². The van der Waals surface area contributed by atoms with Crippen molar-refractivity contribution in [2.24, 2.45) is 5.92 Å². The third kappa shape index (κ3) is 9.78. The summed E-state index contributed by atoms with van der Waals surface area (Å²) in [7, 11) is 0. The largest absolute Gasteiger partial charge is 0.480 e. The zero-order chi connectivity index (χ0) is 15.5. The zero-order valence-corrected chi connectivity index (χ0v) is 13.2. The number of hydrogen-bond donors (Lipinski definition) is 3. The fourth-order valence-electron chi connectivity index (χ4n) is 2.06. The second kappa shape index (κ2) is 10.7. The highest BCUT2D eigenvalue weighted by Gasteiger charge is 2.19. The molecule has 0 saturated heterocycles. The van der Waals surface area contributed by atoms with Gasteiger partial charge in [0, 0.05) is 6.04 Å². The Bertz CT molecular complexity index is 293. The SMILES string of the molecule is CCCCCC(C)NC(=O)CNC(CC(C)C)C(=O)O. The average Bonchev–Trinajstić information content (AvgIpc) is 2.34. The summed E-state index contributed by atoms with van der Waals surface area (Å²) < 4.78 is 0. The van der Waals surface area contributed by atoms with Crippen LogP contribution < -0.4 is 10.6 Å². The van der Waals surface area contributed by atoms with E-state index in [9.17, 15) is 9.59 Å². The van der Waals surface area contributed by atoms with Crippen molar-refractivity contribution in [1.82, 2.24) is 10.6 Å². The van der Waals surface area contributed by atoms with Gasteiger partial charge in [-0.1, -0.05) is 40.0 Å². The molecule has 0 fully saturated rings. The highest BCUT2D eigenvalue weighted by Crippen LogP contribution is 2.05. The Morgan fingerprint density at radius 1 is 1.15 bits per heavy atom. The van der Waals surface area contributed by atoms with Crippen LogP contribution in [0.15, 0.2) is 0 Å². The number of aliphatic carboxylic acids is 1. The van der Waals surface area contributed by atoms with E-state index < -0.39 is 12.0 Å². The first kappa shape index (κ1) is 18.9. The van der Waals surface area contributed by atoms with Crippen molar-refractivity contribution in [2.75, 3.05) is 6.54 Å². The van der Waals surface area contributed by atoms with Crippen LogP contribution in [0.4, 0.5) is 0 Å². The molecule has 0 spiro atoms. The van der Waals surface area contributed by atoms with Crippen LogP contribution in [0.25, 0.3) is 0 Å². The van der Waals surface area contributed by atoms with Gasteiger partial charge in [-0.2, -0.15) is 0 Å². The molecule has 0 aliphatic heterocycles. The number of carboxylic acid groups (broad SMARTS) is 1. The quantitative estimate of drug-likeness (QED) is 0.509. The van der Waals surface area contributed by atoms with Gasteiger partial charge >= 0.3 is 5.97 Å². The third-order valence-electron chi connectivity index (χ3n) is 3.16. The molecule has 0 aromatic rings. The first-order valence-corrected chi connectivity index (χ1v) is 7.62. The molecule has 0 radical (unpaired) electrons. The van der Waals surface area contributed by atoms with E-state index in [0.717, 1.165) is 19.3 Å². The van der Waals surface area contributed by atoms with Gasteiger partial charge < -0.3 is 10.4 Å². The maximum Gasteiger partial charge on any atom is 0.320 e. The molecule has 118 valence electrons. The van der Waals surface area contributed by atoms with Crippen LogP contribution >= 0.6 is 0 Å². The molecule has 0 aromatic carbocycles. The molecule has 2 unspecified atom stereocenters. The van der Waals surface area contributed by atoms with Gasteiger partial charge in [0.05, 0.1) is 6.54 Å². The fraction of sp³-hybridized carbons (Fsp3) is 0.867. The van der Waals surface area contributed by atoms with Crippen LogP contribution in [-0.2, 0) is 9.59 Å². The normalized spacial score (nSPS) is 14.1. The smallest absolute Gasteiger partial charge is 0.320 e. The van der Waals surface area contributed by atoms with Crippen LogP contribution in [-0.4, -0.2) is 35.6 Å². The van der Waals surface area contributed by atoms with Gasteiger partial charge in [0.2, 0.25) is 5.91 Å². The molecule has 3 N–H and O–H groups in total. The Hall–Kier alpha value is -1.10. The molecule has 0 aromatic heterocycles. The van der Waals surface area contributed by atoms with Crippen molar-refractivity contribution in [3.05, 3.63) is 0 Å². The van der Waals surface area contributed by atoms with Crippen LogP contribution in [0.3, 0.4) is 0 Å². The van der Waals surface area contributed by atoms with E-state index in [1.165, 1.54) is 6.42 Å². The van der Waals surface area contributed by atoms with Gasteiger partial charge in [-0.05, 0) is 25.7 Å². The van der Waals surface area contributed by atoms with Crippen molar-refractivity contribution < 1.29 is 14.7 Å². The number of unbranched alkanes of at least 4 members (excludes halogenated alkanes) is 2. The van der Waals surface area contributed by atoms with Gasteiger partial charge in [0.15, 0.2) is 0 Å². The minimum atomic E-state index is -0.900. The van der Waals surface area contributed by atoms with Crippen molar-refractivity contribution in [3.63, 3.8) is 0 Å². The van der Waals surface area contributed by atoms with Crippen LogP contribution in [0.2, 0.25) is 0 Å². The summed E-state index contributed by atoms with van der Waals surface area (Å²) >= 11 is 0. The highest BCUT2D eigenvalue weighted by atomic mass is 16.4. The molecule has 1 amide bonds. The Labute approximate surface area is 122 Å². The number of hydrogen-bond acceptors (Lipinski definition) is 3. The predicted octanol–water partition coefficient (Wildman–Crippen LogP) is 2.16. The van der Waals surface area contributed by atoms with Gasteiger partial charge in [-0.25, -0.2) is 0 Å². The van der Waals surface area contributed by atoms with Crippen LogP contribution in [0.5, 0.6) is 0 Å². The lowest BCUT2D eigenvalue weighted by atomic mass is 10.0. The number of rotatable bonds is 11. The molecule has 20 heavy (non-hydrogen) atoms. The van der Waals surface area contributed by atoms with E-state index in [2.05, 4.69) is 17.6 Å². The number of carbonyl (C=O) groups is 2. The summed E-state index contributed by atoms with van der Waals surface area (Å²) in [5.74, 6) is -0.758. The molecule has 0 heterocycles. The fourth-order valence-corrected chi connectivity index (χ4v) is 2.06. The molecule has 0 aliphatic rings. The Balaban J connectivity index is 3.97. The molecule has 0 saturated carbocycles. The lowest BCUT2D eigenvalue weighted by molar-refractivity contribution is -0.140. The van der Waals surface area contributed by atoms with E-state index in [1.807, 2.05) is 20.8 Å². The van der Waals surface area contributed by atoms with Gasteiger partial charge in [-0.3, -0.25) is 14.9 Å². The summed E-state index contributed by atoms with van der Waals surface area (Å²) in [5.41, 5.74) is 0. The number of carbonyl (C=O) groups excluding carboxylic acids is 1. The van der Waals surface area contributed by atoms with E-state index in [1.54, 1.807) is 0 Å². The number of nitrogens with one attached hydrogen (secondary N) is 2. The molecular formula is C15H30N2O3. The van der Waals surface area contributed by atoms with Crippen molar-refractivity contribution >= 4 is 11.9 Å². The van der Waals surface area contributed by atoms with E-state index in [0.29, 0.717) is 6.42 Å². The molecule has 5 heteroatoms. The number of amides is 1. The molecule has 0 rings (SSSR count). The first-order valence-electron chi connectivity index (χ1n) is 7.62. The second-order valence-corrected chi connectivity index (χ2v) is 5.87. The monoisotopic (exact) mass is 286 g/mol. The van der Waals surface area contributed by atoms with E-state index in [-0.39, 0.29) is 24.4 Å². The Morgan fingerprint density at radius 2 is 1.80 bits per heavy atom. The zero-order valence-electron chi connectivity index (χ0n) is 13.2. The summed E-state index contributed by atoms with van der Waals surface area (Å²) in [4.78, 5) is 22.8. The molecule has 0 bridgehead atoms. The lowest BCUT2D eigenvalue weighted by Crippen LogP contribution is -2.45. The lowest BCUT2D eigenvalue weighted by Gasteiger charge is -2.18. The van der Waals surface area contributed by atoms with Gasteiger partial charge in [0.25, 0.3) is 0 Å². The Kier molecular flexibility index (Phi) is 10.1. The summed E-state index contributed by atoms with van der Waals surface area (Å²) in [6.07, 6.45) is 4.94. The second-order valence-electron chi connectivity index (χ2n) is 5.87. The summed E-state index contributed by atoms with van der Waals surface area (Å²) in [6.45, 7) is 8.12. The highest BCUT2D eigenvalue weighted by molar-refractivity contribution is 5.80. The minimum absolute atomic E-state index is 0.0573. The summed E-state index contributed by atoms with van der Waals surface area (Å²) in [5, 5.41) is 14.8. The standard InChI is InChI=1S/C15H30N2O3/c1-5-6-7-8-12(4)17-14(18)10-16-13(15(19)20)9-11(2)3/h11-13,16H,5-10H2,1-4H3,(H,17,18)(H,19,20). The van der Waals surface area contributed by atoms with Gasteiger partial charge in [-0.15, -0.1) is 0 Å². The van der Waals surface area contributed by atoms with Crippen molar-refractivity contribution in [2.45, 2.75) is 71.9 Å².